The smallest absolute Gasteiger partial charge is 0.244 e. The maximum absolute atomic E-state index is 12.8. The Kier molecular flexibility index (Phi) is 4.46. The Morgan fingerprint density at radius 1 is 1.52 bits per heavy atom. The van der Waals surface area contributed by atoms with Crippen molar-refractivity contribution in [1.29, 1.82) is 0 Å². The molecule has 1 aliphatic rings. The van der Waals surface area contributed by atoms with Crippen molar-refractivity contribution in [3.05, 3.63) is 22.4 Å². The van der Waals surface area contributed by atoms with Crippen LogP contribution in [0.2, 0.25) is 0 Å². The molecule has 1 saturated heterocycles. The largest absolute Gasteiger partial charge is 0.318 e. The highest BCUT2D eigenvalue weighted by molar-refractivity contribution is 7.90. The van der Waals surface area contributed by atoms with Gasteiger partial charge < -0.3 is 4.90 Å². The number of carbonyl (C=O) groups is 1. The van der Waals surface area contributed by atoms with Gasteiger partial charge in [0.2, 0.25) is 5.91 Å². The van der Waals surface area contributed by atoms with E-state index in [1.54, 1.807) is 23.2 Å². The second-order valence-electron chi connectivity index (χ2n) is 5.94. The van der Waals surface area contributed by atoms with Crippen LogP contribution in [0.3, 0.4) is 0 Å². The minimum absolute atomic E-state index is 0.0269. The van der Waals surface area contributed by atoms with Gasteiger partial charge in [-0.3, -0.25) is 10.1 Å². The first-order chi connectivity index (χ1) is 9.68. The van der Waals surface area contributed by atoms with Crippen molar-refractivity contribution in [1.82, 2.24) is 10.2 Å². The second kappa shape index (κ2) is 5.70. The van der Waals surface area contributed by atoms with Crippen LogP contribution in [0.1, 0.15) is 38.9 Å². The molecule has 0 bridgehead atoms. The lowest BCUT2D eigenvalue weighted by molar-refractivity contribution is -0.134. The zero-order valence-electron chi connectivity index (χ0n) is 12.8. The average molecular weight is 330 g/mol. The van der Waals surface area contributed by atoms with Crippen molar-refractivity contribution in [3.63, 3.8) is 0 Å². The molecule has 1 aromatic heterocycles. The molecule has 1 N–H and O–H groups in total. The molecule has 21 heavy (non-hydrogen) atoms. The van der Waals surface area contributed by atoms with Crippen LogP contribution in [0, 0.1) is 0 Å². The van der Waals surface area contributed by atoms with Gasteiger partial charge in [0.05, 0.1) is 11.3 Å². The molecule has 2 rings (SSSR count). The summed E-state index contributed by atoms with van der Waals surface area (Å²) < 4.78 is 23.1. The molecule has 1 fully saturated rings. The van der Waals surface area contributed by atoms with Crippen LogP contribution in [0.4, 0.5) is 0 Å². The molecular weight excluding hydrogens is 308 g/mol. The molecule has 1 amide bonds. The minimum atomic E-state index is -3.14. The quantitative estimate of drug-likeness (QED) is 0.894. The standard InChI is InChI=1S/C14H22N2O3S2/c1-5-14(3)13(17)16(10(2)9-21(4,18)19)12(15-14)11-6-7-20-8-11/h6-8,10,12,15H,5,9H2,1-4H3. The number of hydrogen-bond donors (Lipinski definition) is 1. The first-order valence-electron chi connectivity index (χ1n) is 6.98. The van der Waals surface area contributed by atoms with E-state index in [-0.39, 0.29) is 23.9 Å². The topological polar surface area (TPSA) is 66.5 Å². The molecule has 3 unspecified atom stereocenters. The fourth-order valence-corrected chi connectivity index (χ4v) is 4.45. The van der Waals surface area contributed by atoms with Gasteiger partial charge in [0, 0.05) is 12.3 Å². The van der Waals surface area contributed by atoms with E-state index in [4.69, 9.17) is 0 Å². The lowest BCUT2D eigenvalue weighted by atomic mass is 9.99. The van der Waals surface area contributed by atoms with E-state index in [0.29, 0.717) is 6.42 Å². The summed E-state index contributed by atoms with van der Waals surface area (Å²) in [5.41, 5.74) is 0.365. The predicted octanol–water partition coefficient (Wildman–Crippen LogP) is 1.78. The summed E-state index contributed by atoms with van der Waals surface area (Å²) in [5.74, 6) is -0.0572. The Bertz CT molecular complexity index is 612. The van der Waals surface area contributed by atoms with Crippen molar-refractivity contribution in [2.75, 3.05) is 12.0 Å². The molecule has 1 aliphatic heterocycles. The average Bonchev–Trinajstić information content (AvgIpc) is 2.95. The summed E-state index contributed by atoms with van der Waals surface area (Å²) in [6.07, 6.45) is 1.61. The highest BCUT2D eigenvalue weighted by atomic mass is 32.2. The number of carbonyl (C=O) groups excluding carboxylic acids is 1. The van der Waals surface area contributed by atoms with Gasteiger partial charge >= 0.3 is 0 Å². The third-order valence-corrected chi connectivity index (χ3v) is 5.81. The van der Waals surface area contributed by atoms with Gasteiger partial charge in [-0.15, -0.1) is 0 Å². The third-order valence-electron chi connectivity index (χ3n) is 4.02. The molecule has 118 valence electrons. The van der Waals surface area contributed by atoms with Gasteiger partial charge in [0.25, 0.3) is 0 Å². The molecule has 0 spiro atoms. The molecular formula is C14H22N2O3S2. The van der Waals surface area contributed by atoms with E-state index in [2.05, 4.69) is 5.32 Å². The summed E-state index contributed by atoms with van der Waals surface area (Å²) in [5, 5.41) is 7.33. The summed E-state index contributed by atoms with van der Waals surface area (Å²) in [4.78, 5) is 14.5. The summed E-state index contributed by atoms with van der Waals surface area (Å²) in [6, 6.07) is 1.61. The lowest BCUT2D eigenvalue weighted by Crippen LogP contribution is -2.45. The van der Waals surface area contributed by atoms with Crippen LogP contribution in [-0.4, -0.2) is 42.8 Å². The molecule has 5 nitrogen and oxygen atoms in total. The van der Waals surface area contributed by atoms with Gasteiger partial charge in [-0.2, -0.15) is 11.3 Å². The SMILES string of the molecule is CCC1(C)NC(c2ccsc2)N(C(C)CS(C)(=O)=O)C1=O. The zero-order valence-corrected chi connectivity index (χ0v) is 14.4. The molecule has 0 aromatic carbocycles. The number of sulfone groups is 1. The lowest BCUT2D eigenvalue weighted by Gasteiger charge is -2.29. The Balaban J connectivity index is 2.36. The van der Waals surface area contributed by atoms with Crippen molar-refractivity contribution in [3.8, 4) is 0 Å². The third kappa shape index (κ3) is 3.30. The summed E-state index contributed by atoms with van der Waals surface area (Å²) in [6.45, 7) is 5.63. The van der Waals surface area contributed by atoms with E-state index < -0.39 is 15.4 Å². The number of hydrogen-bond acceptors (Lipinski definition) is 5. The highest BCUT2D eigenvalue weighted by Crippen LogP contribution is 2.35. The Hall–Kier alpha value is -0.920. The van der Waals surface area contributed by atoms with Crippen LogP contribution < -0.4 is 5.32 Å². The van der Waals surface area contributed by atoms with Crippen molar-refractivity contribution >= 4 is 27.1 Å². The van der Waals surface area contributed by atoms with Gasteiger partial charge in [0.1, 0.15) is 16.0 Å². The second-order valence-corrected chi connectivity index (χ2v) is 8.91. The van der Waals surface area contributed by atoms with Crippen molar-refractivity contribution < 1.29 is 13.2 Å². The normalized spacial score (nSPS) is 28.1. The van der Waals surface area contributed by atoms with E-state index in [1.165, 1.54) is 6.26 Å². The van der Waals surface area contributed by atoms with E-state index in [1.807, 2.05) is 30.7 Å². The number of amides is 1. The number of rotatable bonds is 5. The van der Waals surface area contributed by atoms with Gasteiger partial charge in [-0.25, -0.2) is 8.42 Å². The molecule has 2 heterocycles. The maximum Gasteiger partial charge on any atom is 0.244 e. The van der Waals surface area contributed by atoms with Crippen LogP contribution in [0.15, 0.2) is 16.8 Å². The monoisotopic (exact) mass is 330 g/mol. The zero-order chi connectivity index (χ0) is 15.8. The van der Waals surface area contributed by atoms with Gasteiger partial charge in [0.15, 0.2) is 0 Å². The van der Waals surface area contributed by atoms with Crippen molar-refractivity contribution in [2.24, 2.45) is 0 Å². The van der Waals surface area contributed by atoms with E-state index in [9.17, 15) is 13.2 Å². The molecule has 0 aliphatic carbocycles. The van der Waals surface area contributed by atoms with Crippen molar-refractivity contribution in [2.45, 2.75) is 44.9 Å². The van der Waals surface area contributed by atoms with Crippen LogP contribution >= 0.6 is 11.3 Å². The van der Waals surface area contributed by atoms with Gasteiger partial charge in [-0.05, 0) is 42.7 Å². The number of nitrogens with one attached hydrogen (secondary N) is 1. The first kappa shape index (κ1) is 16.5. The minimum Gasteiger partial charge on any atom is -0.318 e. The molecule has 1 aromatic rings. The number of nitrogens with zero attached hydrogens (tertiary/aromatic N) is 1. The van der Waals surface area contributed by atoms with Crippen LogP contribution in [0.5, 0.6) is 0 Å². The molecule has 7 heteroatoms. The fourth-order valence-electron chi connectivity index (χ4n) is 2.74. The first-order valence-corrected chi connectivity index (χ1v) is 9.98. The highest BCUT2D eigenvalue weighted by Gasteiger charge is 2.49. The molecule has 0 radical (unpaired) electrons. The van der Waals surface area contributed by atoms with Gasteiger partial charge in [-0.1, -0.05) is 6.92 Å². The van der Waals surface area contributed by atoms with E-state index >= 15 is 0 Å². The van der Waals surface area contributed by atoms with Crippen LogP contribution in [-0.2, 0) is 14.6 Å². The fraction of sp³-hybridized carbons (Fsp3) is 0.643. The maximum atomic E-state index is 12.8. The Labute approximate surface area is 130 Å². The number of thiophene rings is 1. The summed E-state index contributed by atoms with van der Waals surface area (Å²) in [7, 11) is -3.14. The molecule has 3 atom stereocenters. The Morgan fingerprint density at radius 3 is 2.67 bits per heavy atom. The Morgan fingerprint density at radius 2 is 2.19 bits per heavy atom. The van der Waals surface area contributed by atoms with E-state index in [0.717, 1.165) is 5.56 Å². The molecule has 0 saturated carbocycles. The summed E-state index contributed by atoms with van der Waals surface area (Å²) >= 11 is 1.57. The predicted molar refractivity (Wildman–Crippen MR) is 84.9 cm³/mol. The van der Waals surface area contributed by atoms with Crippen LogP contribution in [0.25, 0.3) is 0 Å².